The highest BCUT2D eigenvalue weighted by molar-refractivity contribution is 14.1. The minimum absolute atomic E-state index is 0.206. The highest BCUT2D eigenvalue weighted by Gasteiger charge is 2.32. The van der Waals surface area contributed by atoms with E-state index in [-0.39, 0.29) is 3.57 Å². The maximum atomic E-state index is 11.8. The van der Waals surface area contributed by atoms with Crippen LogP contribution in [-0.2, 0) is 0 Å². The van der Waals surface area contributed by atoms with Crippen LogP contribution in [0.15, 0.2) is 10.9 Å². The summed E-state index contributed by atoms with van der Waals surface area (Å²) in [5.74, 6) is -0.575. The molecule has 0 aromatic carbocycles. The van der Waals surface area contributed by atoms with Crippen LogP contribution in [-0.4, -0.2) is 11.3 Å². The molecule has 0 aliphatic rings. The van der Waals surface area contributed by atoms with Crippen LogP contribution in [0.3, 0.4) is 0 Å². The fraction of sp³-hybridized carbons (Fsp3) is 0.286. The van der Waals surface area contributed by atoms with E-state index in [1.165, 1.54) is 13.0 Å². The Labute approximate surface area is 90.4 Å². The molecule has 0 amide bonds. The molecule has 0 spiro atoms. The van der Waals surface area contributed by atoms with Gasteiger partial charge in [-0.2, -0.15) is 0 Å². The SMILES string of the molecule is Cc1cc(I)c(OC(F)(F)F)[nH]c1=O. The van der Waals surface area contributed by atoms with Crippen LogP contribution in [0.1, 0.15) is 5.56 Å². The maximum Gasteiger partial charge on any atom is 0.574 e. The standard InChI is InChI=1S/C7H5F3INO2/c1-3-2-4(11)6(12-5(3)13)14-7(8,9)10/h2H,1H3,(H,12,13). The van der Waals surface area contributed by atoms with Crippen LogP contribution in [0.25, 0.3) is 0 Å². The number of aromatic amines is 1. The number of pyridine rings is 1. The molecule has 0 aliphatic heterocycles. The predicted molar refractivity (Wildman–Crippen MR) is 51.2 cm³/mol. The van der Waals surface area contributed by atoms with Gasteiger partial charge in [0, 0.05) is 5.56 Å². The molecule has 14 heavy (non-hydrogen) atoms. The van der Waals surface area contributed by atoms with Gasteiger partial charge in [0.2, 0.25) is 5.88 Å². The van der Waals surface area contributed by atoms with Crippen molar-refractivity contribution in [1.82, 2.24) is 4.98 Å². The highest BCUT2D eigenvalue weighted by atomic mass is 127. The second kappa shape index (κ2) is 3.79. The van der Waals surface area contributed by atoms with Gasteiger partial charge in [0.25, 0.3) is 5.56 Å². The van der Waals surface area contributed by atoms with E-state index in [0.29, 0.717) is 5.56 Å². The molecule has 1 heterocycles. The van der Waals surface area contributed by atoms with E-state index in [0.717, 1.165) is 0 Å². The topological polar surface area (TPSA) is 42.1 Å². The van der Waals surface area contributed by atoms with Gasteiger partial charge in [-0.1, -0.05) is 0 Å². The average molecular weight is 319 g/mol. The van der Waals surface area contributed by atoms with Crippen molar-refractivity contribution in [2.75, 3.05) is 0 Å². The van der Waals surface area contributed by atoms with Gasteiger partial charge in [-0.25, -0.2) is 0 Å². The molecule has 0 saturated heterocycles. The zero-order chi connectivity index (χ0) is 10.9. The molecule has 1 N–H and O–H groups in total. The predicted octanol–water partition coefficient (Wildman–Crippen LogP) is 2.19. The normalized spacial score (nSPS) is 11.5. The van der Waals surface area contributed by atoms with Crippen molar-refractivity contribution in [3.05, 3.63) is 25.6 Å². The second-order valence-corrected chi connectivity index (χ2v) is 3.67. The number of ether oxygens (including phenoxy) is 1. The number of aryl methyl sites for hydroxylation is 1. The van der Waals surface area contributed by atoms with Crippen LogP contribution in [0.4, 0.5) is 13.2 Å². The van der Waals surface area contributed by atoms with Crippen molar-refractivity contribution < 1.29 is 17.9 Å². The van der Waals surface area contributed by atoms with Crippen molar-refractivity contribution in [2.24, 2.45) is 0 Å². The Morgan fingerprint density at radius 3 is 2.57 bits per heavy atom. The fourth-order valence-electron chi connectivity index (χ4n) is 0.773. The van der Waals surface area contributed by atoms with Gasteiger partial charge in [-0.3, -0.25) is 9.78 Å². The molecule has 1 aromatic rings. The Balaban J connectivity index is 3.11. The number of hydrogen-bond donors (Lipinski definition) is 1. The third-order valence-corrected chi connectivity index (χ3v) is 2.16. The molecular weight excluding hydrogens is 314 g/mol. The van der Waals surface area contributed by atoms with Gasteiger partial charge in [0.1, 0.15) is 0 Å². The minimum Gasteiger partial charge on any atom is -0.389 e. The Kier molecular flexibility index (Phi) is 3.07. The first-order valence-electron chi connectivity index (χ1n) is 3.45. The second-order valence-electron chi connectivity index (χ2n) is 2.51. The summed E-state index contributed by atoms with van der Waals surface area (Å²) < 4.78 is 39.2. The Morgan fingerprint density at radius 1 is 1.50 bits per heavy atom. The number of nitrogens with one attached hydrogen (secondary N) is 1. The largest absolute Gasteiger partial charge is 0.574 e. The van der Waals surface area contributed by atoms with E-state index in [1.807, 2.05) is 4.98 Å². The lowest BCUT2D eigenvalue weighted by Crippen LogP contribution is -2.21. The molecule has 0 aliphatic carbocycles. The van der Waals surface area contributed by atoms with E-state index in [2.05, 4.69) is 4.74 Å². The zero-order valence-electron chi connectivity index (χ0n) is 6.91. The summed E-state index contributed by atoms with van der Waals surface area (Å²) >= 11 is 1.65. The molecule has 0 atom stereocenters. The van der Waals surface area contributed by atoms with Crippen molar-refractivity contribution in [2.45, 2.75) is 13.3 Å². The lowest BCUT2D eigenvalue weighted by molar-refractivity contribution is -0.276. The van der Waals surface area contributed by atoms with E-state index in [4.69, 9.17) is 0 Å². The van der Waals surface area contributed by atoms with Gasteiger partial charge in [-0.15, -0.1) is 13.2 Å². The lowest BCUT2D eigenvalue weighted by Gasteiger charge is -2.09. The van der Waals surface area contributed by atoms with Gasteiger partial charge >= 0.3 is 6.36 Å². The molecule has 1 aromatic heterocycles. The minimum atomic E-state index is -4.79. The molecule has 1 rings (SSSR count). The molecule has 0 radical (unpaired) electrons. The Bertz CT molecular complexity index is 399. The molecule has 0 bridgehead atoms. The summed E-state index contributed by atoms with van der Waals surface area (Å²) in [6.45, 7) is 1.50. The lowest BCUT2D eigenvalue weighted by atomic mass is 10.3. The van der Waals surface area contributed by atoms with Crippen LogP contribution in [0.5, 0.6) is 5.88 Å². The Hall–Kier alpha value is -0.730. The number of halogens is 4. The van der Waals surface area contributed by atoms with Crippen LogP contribution >= 0.6 is 22.6 Å². The quantitative estimate of drug-likeness (QED) is 0.806. The summed E-state index contributed by atoms with van der Waals surface area (Å²) in [5.41, 5.74) is -0.256. The molecule has 0 unspecified atom stereocenters. The first kappa shape index (κ1) is 11.3. The summed E-state index contributed by atoms with van der Waals surface area (Å²) in [7, 11) is 0. The van der Waals surface area contributed by atoms with Gasteiger partial charge in [0.05, 0.1) is 3.57 Å². The molecular formula is C7H5F3INO2. The highest BCUT2D eigenvalue weighted by Crippen LogP contribution is 2.24. The summed E-state index contributed by atoms with van der Waals surface area (Å²) in [6.07, 6.45) is -4.79. The summed E-state index contributed by atoms with van der Waals surface area (Å²) in [4.78, 5) is 13.0. The van der Waals surface area contributed by atoms with Gasteiger partial charge in [0.15, 0.2) is 0 Å². The van der Waals surface area contributed by atoms with Crippen molar-refractivity contribution in [3.8, 4) is 5.88 Å². The van der Waals surface area contributed by atoms with Crippen molar-refractivity contribution >= 4 is 22.6 Å². The number of hydrogen-bond acceptors (Lipinski definition) is 2. The van der Waals surface area contributed by atoms with Crippen molar-refractivity contribution in [3.63, 3.8) is 0 Å². The Morgan fingerprint density at radius 2 is 2.07 bits per heavy atom. The molecule has 7 heteroatoms. The van der Waals surface area contributed by atoms with Crippen LogP contribution in [0, 0.1) is 10.5 Å². The van der Waals surface area contributed by atoms with Crippen molar-refractivity contribution in [1.29, 1.82) is 0 Å². The first-order valence-corrected chi connectivity index (χ1v) is 4.52. The molecule has 0 fully saturated rings. The summed E-state index contributed by atoms with van der Waals surface area (Å²) in [5, 5.41) is 0. The van der Waals surface area contributed by atoms with Crippen LogP contribution in [0.2, 0.25) is 0 Å². The number of alkyl halides is 3. The van der Waals surface area contributed by atoms with E-state index in [9.17, 15) is 18.0 Å². The maximum absolute atomic E-state index is 11.8. The van der Waals surface area contributed by atoms with Crippen LogP contribution < -0.4 is 10.3 Å². The van der Waals surface area contributed by atoms with E-state index < -0.39 is 17.8 Å². The third kappa shape index (κ3) is 2.89. The number of rotatable bonds is 1. The summed E-state index contributed by atoms with van der Waals surface area (Å²) in [6, 6.07) is 1.32. The third-order valence-electron chi connectivity index (χ3n) is 1.36. The smallest absolute Gasteiger partial charge is 0.389 e. The number of H-pyrrole nitrogens is 1. The van der Waals surface area contributed by atoms with E-state index >= 15 is 0 Å². The number of aromatic nitrogens is 1. The fourth-order valence-corrected chi connectivity index (χ4v) is 1.48. The monoisotopic (exact) mass is 319 g/mol. The molecule has 78 valence electrons. The first-order chi connectivity index (χ1) is 6.29. The van der Waals surface area contributed by atoms with Gasteiger partial charge in [-0.05, 0) is 35.6 Å². The molecule has 3 nitrogen and oxygen atoms in total. The van der Waals surface area contributed by atoms with E-state index in [1.54, 1.807) is 22.6 Å². The van der Waals surface area contributed by atoms with Gasteiger partial charge < -0.3 is 4.74 Å². The molecule has 0 saturated carbocycles. The average Bonchev–Trinajstić information content (AvgIpc) is 1.97. The zero-order valence-corrected chi connectivity index (χ0v) is 9.06.